The fraction of sp³-hybridized carbons (Fsp3) is 0.100. The predicted octanol–water partition coefficient (Wildman–Crippen LogP) is 1.29. The molecule has 0 bridgehead atoms. The number of thioether (sulfide) groups is 1. The average molecular weight is 259 g/mol. The minimum absolute atomic E-state index is 0.465. The Morgan fingerprint density at radius 2 is 2.33 bits per heavy atom. The molecule has 18 heavy (non-hydrogen) atoms. The number of rotatable bonds is 2. The molecule has 1 aromatic heterocycles. The molecule has 0 fully saturated rings. The van der Waals surface area contributed by atoms with E-state index >= 15 is 0 Å². The SMILES string of the molecule is CSC(=Nc1ccccc1-c1nn[nH]n1)NC#N. The molecule has 7 nitrogen and oxygen atoms in total. The van der Waals surface area contributed by atoms with Gasteiger partial charge >= 0.3 is 0 Å². The monoisotopic (exact) mass is 259 g/mol. The van der Waals surface area contributed by atoms with Crippen LogP contribution < -0.4 is 5.32 Å². The van der Waals surface area contributed by atoms with E-state index in [0.717, 1.165) is 5.56 Å². The summed E-state index contributed by atoms with van der Waals surface area (Å²) < 4.78 is 0. The number of nitrogens with one attached hydrogen (secondary N) is 2. The lowest BCUT2D eigenvalue weighted by molar-refractivity contribution is 0.881. The van der Waals surface area contributed by atoms with Crippen LogP contribution in [-0.4, -0.2) is 32.0 Å². The van der Waals surface area contributed by atoms with Gasteiger partial charge in [-0.1, -0.05) is 23.9 Å². The molecule has 90 valence electrons. The maximum absolute atomic E-state index is 8.60. The first kappa shape index (κ1) is 12.1. The number of aromatic nitrogens is 4. The molecule has 0 spiro atoms. The molecular weight excluding hydrogens is 250 g/mol. The molecule has 0 unspecified atom stereocenters. The Morgan fingerprint density at radius 1 is 1.50 bits per heavy atom. The lowest BCUT2D eigenvalue weighted by atomic mass is 10.2. The van der Waals surface area contributed by atoms with E-state index in [0.29, 0.717) is 16.7 Å². The zero-order chi connectivity index (χ0) is 12.8. The fourth-order valence-corrected chi connectivity index (χ4v) is 1.66. The Bertz CT molecular complexity index is 585. The van der Waals surface area contributed by atoms with E-state index in [-0.39, 0.29) is 0 Å². The van der Waals surface area contributed by atoms with Crippen LogP contribution in [0.3, 0.4) is 0 Å². The molecule has 0 aliphatic heterocycles. The molecule has 1 aromatic carbocycles. The molecule has 0 amide bonds. The van der Waals surface area contributed by atoms with Crippen LogP contribution in [-0.2, 0) is 0 Å². The minimum atomic E-state index is 0.465. The van der Waals surface area contributed by atoms with Gasteiger partial charge in [-0.05, 0) is 23.6 Å². The van der Waals surface area contributed by atoms with Crippen molar-refractivity contribution in [3.05, 3.63) is 24.3 Å². The van der Waals surface area contributed by atoms with Crippen molar-refractivity contribution in [1.29, 1.82) is 5.26 Å². The summed E-state index contributed by atoms with van der Waals surface area (Å²) in [7, 11) is 0. The van der Waals surface area contributed by atoms with E-state index in [1.54, 1.807) is 0 Å². The maximum atomic E-state index is 8.60. The van der Waals surface area contributed by atoms with Crippen LogP contribution in [0.2, 0.25) is 0 Å². The van der Waals surface area contributed by atoms with E-state index < -0.39 is 0 Å². The number of benzene rings is 1. The molecule has 8 heteroatoms. The Balaban J connectivity index is 2.43. The van der Waals surface area contributed by atoms with Gasteiger partial charge in [0.05, 0.1) is 5.69 Å². The number of H-pyrrole nitrogens is 1. The van der Waals surface area contributed by atoms with Crippen molar-refractivity contribution in [3.63, 3.8) is 0 Å². The zero-order valence-electron chi connectivity index (χ0n) is 9.45. The quantitative estimate of drug-likeness (QED) is 0.364. The number of amidine groups is 1. The molecule has 0 aliphatic rings. The number of aliphatic imine (C=N–C) groups is 1. The second kappa shape index (κ2) is 5.79. The van der Waals surface area contributed by atoms with Crippen LogP contribution in [0.4, 0.5) is 5.69 Å². The number of tetrazole rings is 1. The lowest BCUT2D eigenvalue weighted by Crippen LogP contribution is -2.12. The van der Waals surface area contributed by atoms with Gasteiger partial charge in [0.25, 0.3) is 0 Å². The summed E-state index contributed by atoms with van der Waals surface area (Å²) in [5, 5.41) is 25.4. The summed E-state index contributed by atoms with van der Waals surface area (Å²) in [5.41, 5.74) is 1.42. The van der Waals surface area contributed by atoms with Gasteiger partial charge in [0.2, 0.25) is 5.82 Å². The van der Waals surface area contributed by atoms with E-state index in [4.69, 9.17) is 5.26 Å². The van der Waals surface area contributed by atoms with Gasteiger partial charge in [-0.15, -0.1) is 10.2 Å². The summed E-state index contributed by atoms with van der Waals surface area (Å²) in [5.74, 6) is 0.465. The minimum Gasteiger partial charge on any atom is -0.271 e. The molecule has 0 saturated carbocycles. The highest BCUT2D eigenvalue weighted by atomic mass is 32.2. The average Bonchev–Trinajstić information content (AvgIpc) is 2.92. The first-order valence-corrected chi connectivity index (χ1v) is 6.18. The van der Waals surface area contributed by atoms with Crippen LogP contribution in [0.1, 0.15) is 0 Å². The lowest BCUT2D eigenvalue weighted by Gasteiger charge is -2.03. The summed E-state index contributed by atoms with van der Waals surface area (Å²) in [6.45, 7) is 0. The number of nitrogens with zero attached hydrogens (tertiary/aromatic N) is 5. The predicted molar refractivity (Wildman–Crippen MR) is 69.0 cm³/mol. The molecule has 1 heterocycles. The third-order valence-electron chi connectivity index (χ3n) is 2.07. The van der Waals surface area contributed by atoms with Crippen molar-refractivity contribution >= 4 is 22.6 Å². The molecule has 0 atom stereocenters. The standard InChI is InChI=1S/C10H9N7S/c1-18-10(12-6-11)13-8-5-3-2-4-7(8)9-14-16-17-15-9/h2-5H,1H3,(H,12,13)(H,14,15,16,17). The van der Waals surface area contributed by atoms with Crippen LogP contribution in [0.15, 0.2) is 29.3 Å². The summed E-state index contributed by atoms with van der Waals surface area (Å²) in [6, 6.07) is 7.38. The van der Waals surface area contributed by atoms with E-state index in [9.17, 15) is 0 Å². The Labute approximate surface area is 107 Å². The first-order chi connectivity index (χ1) is 8.85. The summed E-state index contributed by atoms with van der Waals surface area (Å²) in [6.07, 6.45) is 3.68. The number of hydrogen-bond acceptors (Lipinski definition) is 6. The second-order valence-electron chi connectivity index (χ2n) is 3.11. The Hall–Kier alpha value is -2.40. The number of aromatic amines is 1. The third-order valence-corrected chi connectivity index (χ3v) is 2.65. The van der Waals surface area contributed by atoms with Crippen molar-refractivity contribution in [2.45, 2.75) is 0 Å². The van der Waals surface area contributed by atoms with Gasteiger partial charge in [0.15, 0.2) is 11.4 Å². The van der Waals surface area contributed by atoms with Crippen molar-refractivity contribution < 1.29 is 0 Å². The highest BCUT2D eigenvalue weighted by Gasteiger charge is 2.08. The van der Waals surface area contributed by atoms with Crippen molar-refractivity contribution in [2.75, 3.05) is 6.26 Å². The molecular formula is C10H9N7S. The third kappa shape index (κ3) is 2.64. The van der Waals surface area contributed by atoms with Crippen LogP contribution >= 0.6 is 11.8 Å². The van der Waals surface area contributed by atoms with Gasteiger partial charge in [-0.25, -0.2) is 4.99 Å². The van der Waals surface area contributed by atoms with E-state index in [1.165, 1.54) is 11.8 Å². The van der Waals surface area contributed by atoms with Gasteiger partial charge in [-0.3, -0.25) is 5.32 Å². The van der Waals surface area contributed by atoms with Crippen LogP contribution in [0, 0.1) is 11.5 Å². The number of hydrogen-bond donors (Lipinski definition) is 2. The van der Waals surface area contributed by atoms with Gasteiger partial charge in [-0.2, -0.15) is 10.5 Å². The number of nitriles is 1. The largest absolute Gasteiger partial charge is 0.271 e. The summed E-state index contributed by atoms with van der Waals surface area (Å²) in [4.78, 5) is 4.35. The zero-order valence-corrected chi connectivity index (χ0v) is 10.3. The van der Waals surface area contributed by atoms with Crippen molar-refractivity contribution in [2.24, 2.45) is 4.99 Å². The molecule has 2 rings (SSSR count). The molecule has 0 saturated heterocycles. The Morgan fingerprint density at radius 3 is 3.00 bits per heavy atom. The van der Waals surface area contributed by atoms with Crippen molar-refractivity contribution in [1.82, 2.24) is 25.9 Å². The Kier molecular flexibility index (Phi) is 3.88. The van der Waals surface area contributed by atoms with E-state index in [1.807, 2.05) is 36.7 Å². The van der Waals surface area contributed by atoms with Gasteiger partial charge in [0.1, 0.15) is 0 Å². The van der Waals surface area contributed by atoms with E-state index in [2.05, 4.69) is 30.9 Å². The van der Waals surface area contributed by atoms with Crippen molar-refractivity contribution in [3.8, 4) is 17.6 Å². The fourth-order valence-electron chi connectivity index (χ4n) is 1.32. The number of para-hydroxylation sites is 1. The normalized spacial score (nSPS) is 11.0. The maximum Gasteiger partial charge on any atom is 0.206 e. The van der Waals surface area contributed by atoms with Crippen LogP contribution in [0.25, 0.3) is 11.4 Å². The highest BCUT2D eigenvalue weighted by Crippen LogP contribution is 2.27. The molecule has 2 N–H and O–H groups in total. The van der Waals surface area contributed by atoms with Gasteiger partial charge in [0, 0.05) is 5.56 Å². The van der Waals surface area contributed by atoms with Crippen LogP contribution in [0.5, 0.6) is 0 Å². The summed E-state index contributed by atoms with van der Waals surface area (Å²) >= 11 is 1.35. The topological polar surface area (TPSA) is 103 Å². The molecule has 0 radical (unpaired) electrons. The highest BCUT2D eigenvalue weighted by molar-refractivity contribution is 8.13. The first-order valence-electron chi connectivity index (χ1n) is 4.95. The smallest absolute Gasteiger partial charge is 0.206 e. The molecule has 2 aromatic rings. The van der Waals surface area contributed by atoms with Gasteiger partial charge < -0.3 is 0 Å². The second-order valence-corrected chi connectivity index (χ2v) is 3.91. The molecule has 0 aliphatic carbocycles.